The second-order valence-electron chi connectivity index (χ2n) is 5.07. The molecule has 18 heavy (non-hydrogen) atoms. The Morgan fingerprint density at radius 1 is 1.50 bits per heavy atom. The number of rotatable bonds is 5. The summed E-state index contributed by atoms with van der Waals surface area (Å²) in [6, 6.07) is 0.954. The second kappa shape index (κ2) is 5.77. The third-order valence-corrected chi connectivity index (χ3v) is 3.96. The molecule has 6 heteroatoms. The van der Waals surface area contributed by atoms with Gasteiger partial charge in [-0.3, -0.25) is 9.80 Å². The van der Waals surface area contributed by atoms with Crippen LogP contribution in [0.2, 0.25) is 0 Å². The number of hydrogen-bond donors (Lipinski definition) is 1. The van der Waals surface area contributed by atoms with E-state index in [1.54, 1.807) is 0 Å². The van der Waals surface area contributed by atoms with Gasteiger partial charge in [0.05, 0.1) is 6.61 Å². The van der Waals surface area contributed by atoms with E-state index in [2.05, 4.69) is 34.1 Å². The maximum Gasteiger partial charge on any atom is 0.122 e. The predicted octanol–water partition coefficient (Wildman–Crippen LogP) is 0.265. The normalized spacial score (nSPS) is 25.2. The molecule has 0 unspecified atom stereocenters. The van der Waals surface area contributed by atoms with Gasteiger partial charge < -0.3 is 5.11 Å². The van der Waals surface area contributed by atoms with Crippen LogP contribution in [0.1, 0.15) is 24.7 Å². The molecule has 2 heterocycles. The van der Waals surface area contributed by atoms with Gasteiger partial charge in [0.15, 0.2) is 0 Å². The summed E-state index contributed by atoms with van der Waals surface area (Å²) in [7, 11) is 2.07. The summed E-state index contributed by atoms with van der Waals surface area (Å²) >= 11 is 0. The summed E-state index contributed by atoms with van der Waals surface area (Å²) in [6.07, 6.45) is 1.13. The molecule has 0 aliphatic carbocycles. The number of aryl methyl sites for hydroxylation is 1. The Balaban J connectivity index is 1.95. The fourth-order valence-electron chi connectivity index (χ4n) is 2.71. The van der Waals surface area contributed by atoms with Gasteiger partial charge in [0.2, 0.25) is 0 Å². The first kappa shape index (κ1) is 13.5. The molecule has 6 nitrogen and oxygen atoms in total. The van der Waals surface area contributed by atoms with Gasteiger partial charge in [0.1, 0.15) is 11.4 Å². The number of likely N-dealkylation sites (tertiary alicyclic amines) is 1. The van der Waals surface area contributed by atoms with E-state index in [1.807, 2.05) is 6.92 Å². The molecule has 0 bridgehead atoms. The van der Waals surface area contributed by atoms with Crippen molar-refractivity contribution in [2.24, 2.45) is 0 Å². The van der Waals surface area contributed by atoms with E-state index in [0.29, 0.717) is 12.1 Å². The molecular weight excluding hydrogens is 232 g/mol. The third kappa shape index (κ3) is 2.71. The molecule has 1 N–H and O–H groups in total. The van der Waals surface area contributed by atoms with Crippen LogP contribution >= 0.6 is 0 Å². The highest BCUT2D eigenvalue weighted by Gasteiger charge is 2.33. The average molecular weight is 254 g/mol. The van der Waals surface area contributed by atoms with Crippen molar-refractivity contribution in [3.63, 3.8) is 0 Å². The van der Waals surface area contributed by atoms with Crippen molar-refractivity contribution in [2.45, 2.75) is 38.9 Å². The fraction of sp³-hybridized carbons (Fsp3) is 0.833. The van der Waals surface area contributed by atoms with E-state index >= 15 is 0 Å². The minimum absolute atomic E-state index is 0.214. The first-order chi connectivity index (χ1) is 8.63. The first-order valence-electron chi connectivity index (χ1n) is 6.46. The smallest absolute Gasteiger partial charge is 0.122 e. The summed E-state index contributed by atoms with van der Waals surface area (Å²) in [6.45, 7) is 6.93. The zero-order valence-corrected chi connectivity index (χ0v) is 11.3. The van der Waals surface area contributed by atoms with Crippen LogP contribution in [0.4, 0.5) is 0 Å². The summed E-state index contributed by atoms with van der Waals surface area (Å²) in [5.41, 5.74) is 1.79. The highest BCUT2D eigenvalue weighted by Crippen LogP contribution is 2.23. The Morgan fingerprint density at radius 3 is 2.89 bits per heavy atom. The first-order valence-corrected chi connectivity index (χ1v) is 6.46. The summed E-state index contributed by atoms with van der Waals surface area (Å²) in [5.74, 6) is 0. The monoisotopic (exact) mass is 254 g/mol. The van der Waals surface area contributed by atoms with Crippen molar-refractivity contribution >= 4 is 0 Å². The summed E-state index contributed by atoms with van der Waals surface area (Å²) in [5, 5.41) is 16.8. The molecule has 1 aliphatic rings. The molecule has 0 spiro atoms. The van der Waals surface area contributed by atoms with Crippen LogP contribution in [0, 0.1) is 6.92 Å². The Bertz CT molecular complexity index is 382. The summed E-state index contributed by atoms with van der Waals surface area (Å²) in [4.78, 5) is 4.63. The highest BCUT2D eigenvalue weighted by molar-refractivity contribution is 5.05. The minimum atomic E-state index is 0.214. The Kier molecular flexibility index (Phi) is 4.31. The Hall–Kier alpha value is -0.980. The zero-order valence-electron chi connectivity index (χ0n) is 11.3. The van der Waals surface area contributed by atoms with E-state index in [4.69, 9.17) is 9.74 Å². The molecule has 2 rings (SSSR count). The number of aliphatic hydroxyl groups excluding tert-OH is 1. The van der Waals surface area contributed by atoms with E-state index in [-0.39, 0.29) is 6.61 Å². The molecule has 1 fully saturated rings. The third-order valence-electron chi connectivity index (χ3n) is 3.96. The van der Waals surface area contributed by atoms with Gasteiger partial charge in [-0.15, -0.1) is 0 Å². The van der Waals surface area contributed by atoms with E-state index in [9.17, 15) is 0 Å². The molecule has 2 atom stereocenters. The molecule has 102 valence electrons. The van der Waals surface area contributed by atoms with Crippen LogP contribution in [0.3, 0.4) is 0 Å². The molecular formula is C12H22N4O2. The number of likely N-dealkylation sites (N-methyl/N-ethyl adjacent to an activating group) is 1. The molecule has 1 aromatic heterocycles. The van der Waals surface area contributed by atoms with Gasteiger partial charge in [-0.1, -0.05) is 10.3 Å². The van der Waals surface area contributed by atoms with Gasteiger partial charge >= 0.3 is 0 Å². The van der Waals surface area contributed by atoms with Crippen molar-refractivity contribution in [1.29, 1.82) is 0 Å². The van der Waals surface area contributed by atoms with Crippen molar-refractivity contribution in [3.8, 4) is 0 Å². The van der Waals surface area contributed by atoms with Gasteiger partial charge in [0.25, 0.3) is 0 Å². The molecule has 0 amide bonds. The topological polar surface area (TPSA) is 65.6 Å². The summed E-state index contributed by atoms with van der Waals surface area (Å²) < 4.78 is 4.73. The molecule has 1 saturated heterocycles. The predicted molar refractivity (Wildman–Crippen MR) is 67.0 cm³/mol. The lowest BCUT2D eigenvalue weighted by Gasteiger charge is -2.30. The van der Waals surface area contributed by atoms with Crippen LogP contribution in [-0.4, -0.2) is 64.0 Å². The van der Waals surface area contributed by atoms with Crippen LogP contribution < -0.4 is 0 Å². The quantitative estimate of drug-likeness (QED) is 0.813. The van der Waals surface area contributed by atoms with Gasteiger partial charge in [0, 0.05) is 31.7 Å². The van der Waals surface area contributed by atoms with Crippen molar-refractivity contribution in [2.75, 3.05) is 26.7 Å². The highest BCUT2D eigenvalue weighted by atomic mass is 16.6. The maximum atomic E-state index is 9.01. The molecule has 0 saturated carbocycles. The van der Waals surface area contributed by atoms with Gasteiger partial charge in [-0.25, -0.2) is 4.63 Å². The number of aliphatic hydroxyl groups is 1. The number of hydrogen-bond acceptors (Lipinski definition) is 6. The van der Waals surface area contributed by atoms with E-state index in [0.717, 1.165) is 37.4 Å². The van der Waals surface area contributed by atoms with Crippen LogP contribution in [-0.2, 0) is 6.54 Å². The molecule has 1 aliphatic heterocycles. The van der Waals surface area contributed by atoms with Crippen LogP contribution in [0.25, 0.3) is 0 Å². The standard InChI is InChI=1S/C12H22N4O2/c1-9-11(14-18-13-9)8-16-5-4-12(10(16)2)15(3)6-7-17/h10,12,17H,4-8H2,1-3H3/t10-,12-/m1/s1. The minimum Gasteiger partial charge on any atom is -0.395 e. The van der Waals surface area contributed by atoms with Crippen molar-refractivity contribution in [1.82, 2.24) is 20.1 Å². The van der Waals surface area contributed by atoms with Crippen LogP contribution in [0.15, 0.2) is 4.63 Å². The van der Waals surface area contributed by atoms with Crippen molar-refractivity contribution in [3.05, 3.63) is 11.4 Å². The largest absolute Gasteiger partial charge is 0.395 e. The average Bonchev–Trinajstić information content (AvgIpc) is 2.89. The number of aromatic nitrogens is 2. The van der Waals surface area contributed by atoms with Gasteiger partial charge in [-0.05, 0) is 27.3 Å². The molecule has 0 aromatic carbocycles. The SMILES string of the molecule is Cc1nonc1CN1CC[C@@H](N(C)CCO)[C@H]1C. The second-order valence-corrected chi connectivity index (χ2v) is 5.07. The lowest BCUT2D eigenvalue weighted by atomic mass is 10.1. The maximum absolute atomic E-state index is 9.01. The molecule has 1 aromatic rings. The zero-order chi connectivity index (χ0) is 13.1. The Labute approximate surface area is 108 Å². The van der Waals surface area contributed by atoms with Gasteiger partial charge in [-0.2, -0.15) is 0 Å². The van der Waals surface area contributed by atoms with E-state index < -0.39 is 0 Å². The lowest BCUT2D eigenvalue weighted by molar-refractivity contribution is 0.143. The van der Waals surface area contributed by atoms with E-state index in [1.165, 1.54) is 0 Å². The number of nitrogens with zero attached hydrogens (tertiary/aromatic N) is 4. The lowest BCUT2D eigenvalue weighted by Crippen LogP contribution is -2.42. The van der Waals surface area contributed by atoms with Crippen molar-refractivity contribution < 1.29 is 9.74 Å². The molecule has 0 radical (unpaired) electrons. The van der Waals surface area contributed by atoms with Crippen LogP contribution in [0.5, 0.6) is 0 Å². The fourth-order valence-corrected chi connectivity index (χ4v) is 2.71. The Morgan fingerprint density at radius 2 is 2.28 bits per heavy atom.